The van der Waals surface area contributed by atoms with E-state index in [2.05, 4.69) is 37.2 Å². The highest BCUT2D eigenvalue weighted by atomic mass is 16.7. The van der Waals surface area contributed by atoms with Gasteiger partial charge in [0.2, 0.25) is 36.3 Å². The Balaban J connectivity index is 0.729. The summed E-state index contributed by atoms with van der Waals surface area (Å²) in [5.74, 6) is -4.86. The van der Waals surface area contributed by atoms with Crippen LogP contribution in [0.15, 0.2) is 35.1 Å². The number of alkyl carbamates (subject to hydrolysis) is 2. The van der Waals surface area contributed by atoms with Crippen molar-refractivity contribution in [2.75, 3.05) is 139 Å². The van der Waals surface area contributed by atoms with Crippen molar-refractivity contribution < 1.29 is 115 Å². The van der Waals surface area contributed by atoms with Crippen LogP contribution in [0.5, 0.6) is 11.5 Å². The molecule has 4 aliphatic rings. The van der Waals surface area contributed by atoms with Crippen LogP contribution >= 0.6 is 0 Å². The van der Waals surface area contributed by atoms with Gasteiger partial charge in [-0.1, -0.05) is 13.8 Å². The average Bonchev–Trinajstić information content (AvgIpc) is 1.60. The standard InChI is InChI=1S/C70H100N10O25/c1-43(2)59(78-55(81)15-18-93-20-22-95-24-26-97-28-30-99-32-33-100-31-29-98-27-25-96-23-21-94-19-17-71-62(86)52(80-57(83)13-14-58(80)84)38-75-67(91)105-69(6,7)8)63(87)77-49(12-10-11-16-72-66(90)104-68(3,4)5)61(85)74-39-56(82)73-37-45-44-34-53-54(103-42-102-53)36-50(44)76-60-46(45)40-79-51(60)35-48-47(64(79)88)41-101-65(89)70(48,9)92/h13-14,34-36,43,49,52,59,92H,10-12,15-33,37-42H2,1-9H3,(H,71,86)(H,72,90)(H,73,82)(H,74,85)(H,75,91)(H,77,87)(H,78,81)/t49-,52-,59-,70-/m0/s1. The first kappa shape index (κ1) is 83.3. The number of ether oxygens (including phenoxy) is 13. The number of carbonyl (C=O) groups excluding carboxylic acids is 10. The summed E-state index contributed by atoms with van der Waals surface area (Å²) in [5.41, 5.74) is -1.53. The fourth-order valence-electron chi connectivity index (χ4n) is 11.0. The van der Waals surface area contributed by atoms with Crippen LogP contribution in [0.1, 0.15) is 110 Å². The molecule has 0 saturated heterocycles. The van der Waals surface area contributed by atoms with E-state index >= 15 is 0 Å². The molecular weight excluding hydrogens is 1380 g/mol. The summed E-state index contributed by atoms with van der Waals surface area (Å²) in [6, 6.07) is 1.43. The van der Waals surface area contributed by atoms with Crippen LogP contribution in [0, 0.1) is 5.92 Å². The number of benzene rings is 1. The molecule has 0 radical (unpaired) electrons. The normalized spacial score (nSPS) is 15.9. The lowest BCUT2D eigenvalue weighted by atomic mass is 9.89. The first-order valence-corrected chi connectivity index (χ1v) is 35.0. The monoisotopic (exact) mass is 1480 g/mol. The van der Waals surface area contributed by atoms with E-state index in [-0.39, 0.29) is 110 Å². The topological polar surface area (TPSA) is 433 Å². The maximum Gasteiger partial charge on any atom is 0.407 e. The largest absolute Gasteiger partial charge is 0.458 e. The van der Waals surface area contributed by atoms with E-state index in [1.165, 1.54) is 11.5 Å². The first-order valence-electron chi connectivity index (χ1n) is 35.0. The molecule has 4 aliphatic heterocycles. The molecule has 7 rings (SSSR count). The molecule has 9 amide bonds. The van der Waals surface area contributed by atoms with Gasteiger partial charge in [-0.05, 0) is 91.3 Å². The second-order valence-corrected chi connectivity index (χ2v) is 27.1. The van der Waals surface area contributed by atoms with Crippen molar-refractivity contribution in [2.45, 2.75) is 143 Å². The number of nitrogens with zero attached hydrogens (tertiary/aromatic N) is 3. The molecule has 35 nitrogen and oxygen atoms in total. The quantitative estimate of drug-likeness (QED) is 0.0132. The van der Waals surface area contributed by atoms with Crippen LogP contribution < -0.4 is 52.3 Å². The van der Waals surface area contributed by atoms with E-state index in [9.17, 15) is 57.8 Å². The van der Waals surface area contributed by atoms with Gasteiger partial charge in [-0.2, -0.15) is 0 Å². The summed E-state index contributed by atoms with van der Waals surface area (Å²) in [6.07, 6.45) is 1.43. The van der Waals surface area contributed by atoms with Gasteiger partial charge in [-0.15, -0.1) is 0 Å². The molecule has 0 spiro atoms. The third-order valence-electron chi connectivity index (χ3n) is 16.2. The fraction of sp³-hybridized carbons (Fsp3) is 0.629. The highest BCUT2D eigenvalue weighted by molar-refractivity contribution is 6.15. The number of esters is 1. The van der Waals surface area contributed by atoms with Crippen molar-refractivity contribution in [1.29, 1.82) is 0 Å². The Bertz CT molecular complexity index is 3610. The van der Waals surface area contributed by atoms with Gasteiger partial charge in [0.1, 0.15) is 35.9 Å². The SMILES string of the molecule is CC(C)[C@H](NC(=O)CCOCCOCCOCCOCCOCCOCCOCCOCCNC(=O)[C@H](CNC(=O)OC(C)(C)C)N1C(=O)C=CC1=O)C(=O)N[C@@H](CCCCNC(=O)OC(C)(C)C)C(=O)NCC(=O)NCc1c2c(nc3cc4c(cc13)OCO4)-c1cc3c(c(=O)n1C2)COC(=O)[C@@]3(C)O. The van der Waals surface area contributed by atoms with Crippen molar-refractivity contribution in [3.63, 3.8) is 0 Å². The van der Waals surface area contributed by atoms with Gasteiger partial charge in [0.05, 0.1) is 148 Å². The number of carbonyl (C=O) groups is 10. The van der Waals surface area contributed by atoms with Crippen LogP contribution in [0.4, 0.5) is 9.59 Å². The second-order valence-electron chi connectivity index (χ2n) is 27.1. The molecule has 2 aromatic heterocycles. The van der Waals surface area contributed by atoms with Crippen molar-refractivity contribution >= 4 is 70.4 Å². The number of aromatic nitrogens is 2. The Morgan fingerprint density at radius 2 is 1.14 bits per heavy atom. The molecule has 8 N–H and O–H groups in total. The third-order valence-corrected chi connectivity index (χ3v) is 16.2. The number of amides is 9. The average molecular weight is 1480 g/mol. The van der Waals surface area contributed by atoms with E-state index in [1.807, 2.05) is 0 Å². The van der Waals surface area contributed by atoms with Crippen LogP contribution in [-0.2, 0) is 116 Å². The minimum absolute atomic E-state index is 0.0269. The summed E-state index contributed by atoms with van der Waals surface area (Å²) in [6.45, 7) is 18.4. The number of fused-ring (bicyclic) bond motifs is 6. The molecule has 4 atom stereocenters. The lowest BCUT2D eigenvalue weighted by Gasteiger charge is -2.29. The zero-order valence-corrected chi connectivity index (χ0v) is 61.1. The zero-order chi connectivity index (χ0) is 76.3. The highest BCUT2D eigenvalue weighted by Crippen LogP contribution is 2.43. The van der Waals surface area contributed by atoms with Gasteiger partial charge in [0.25, 0.3) is 17.4 Å². The maximum absolute atomic E-state index is 14.0. The Labute approximate surface area is 607 Å². The molecule has 580 valence electrons. The number of nitrogens with one attached hydrogen (secondary N) is 7. The molecule has 6 heterocycles. The third kappa shape index (κ3) is 26.0. The number of rotatable bonds is 45. The summed E-state index contributed by atoms with van der Waals surface area (Å²) in [7, 11) is 0. The molecule has 3 aromatic rings. The van der Waals surface area contributed by atoms with Crippen molar-refractivity contribution in [1.82, 2.24) is 51.7 Å². The molecule has 0 aliphatic carbocycles. The summed E-state index contributed by atoms with van der Waals surface area (Å²) in [5, 5.41) is 30.5. The Kier molecular flexibility index (Phi) is 32.2. The number of aliphatic hydroxyl groups is 1. The molecule has 1 aromatic carbocycles. The Morgan fingerprint density at radius 3 is 1.70 bits per heavy atom. The number of cyclic esters (lactones) is 1. The van der Waals surface area contributed by atoms with E-state index in [1.54, 1.807) is 73.6 Å². The van der Waals surface area contributed by atoms with E-state index in [0.717, 1.165) is 17.1 Å². The molecule has 35 heteroatoms. The lowest BCUT2D eigenvalue weighted by molar-refractivity contribution is -0.169. The van der Waals surface area contributed by atoms with Gasteiger partial charge in [-0.25, -0.2) is 19.4 Å². The minimum atomic E-state index is -2.09. The summed E-state index contributed by atoms with van der Waals surface area (Å²) in [4.78, 5) is 149. The number of imide groups is 1. The van der Waals surface area contributed by atoms with Crippen LogP contribution in [-0.4, -0.2) is 247 Å². The van der Waals surface area contributed by atoms with Gasteiger partial charge >= 0.3 is 18.2 Å². The molecule has 0 fully saturated rings. The highest BCUT2D eigenvalue weighted by Gasteiger charge is 2.44. The predicted octanol–water partition coefficient (Wildman–Crippen LogP) is 0.929. The second kappa shape index (κ2) is 40.5. The van der Waals surface area contributed by atoms with Crippen molar-refractivity contribution in [3.05, 3.63) is 63.0 Å². The van der Waals surface area contributed by atoms with Gasteiger partial charge < -0.3 is 108 Å². The zero-order valence-electron chi connectivity index (χ0n) is 61.1. The fourth-order valence-corrected chi connectivity index (χ4v) is 11.0. The Hall–Kier alpha value is -8.94. The predicted molar refractivity (Wildman–Crippen MR) is 371 cm³/mol. The minimum Gasteiger partial charge on any atom is -0.458 e. The number of hydrogen-bond acceptors (Lipinski definition) is 26. The molecule has 0 unspecified atom stereocenters. The summed E-state index contributed by atoms with van der Waals surface area (Å²) >= 11 is 0. The van der Waals surface area contributed by atoms with Crippen LogP contribution in [0.2, 0.25) is 0 Å². The molecule has 0 bridgehead atoms. The van der Waals surface area contributed by atoms with E-state index < -0.39 is 112 Å². The van der Waals surface area contributed by atoms with Gasteiger partial charge in [0.15, 0.2) is 17.1 Å². The van der Waals surface area contributed by atoms with Crippen LogP contribution in [0.25, 0.3) is 22.3 Å². The molecule has 0 saturated carbocycles. The van der Waals surface area contributed by atoms with E-state index in [0.29, 0.717) is 124 Å². The van der Waals surface area contributed by atoms with Crippen molar-refractivity contribution in [2.24, 2.45) is 5.92 Å². The lowest BCUT2D eigenvalue weighted by Crippen LogP contribution is -2.56. The van der Waals surface area contributed by atoms with Gasteiger partial charge in [0, 0.05) is 60.8 Å². The van der Waals surface area contributed by atoms with Gasteiger partial charge in [-0.3, -0.25) is 43.3 Å². The maximum atomic E-state index is 14.0. The number of unbranched alkanes of at least 4 members (excludes halogenated alkanes) is 1. The molecule has 105 heavy (non-hydrogen) atoms. The van der Waals surface area contributed by atoms with Crippen LogP contribution in [0.3, 0.4) is 0 Å². The smallest absolute Gasteiger partial charge is 0.407 e. The van der Waals surface area contributed by atoms with E-state index in [4.69, 9.17) is 66.6 Å². The summed E-state index contributed by atoms with van der Waals surface area (Å²) < 4.78 is 72.7. The van der Waals surface area contributed by atoms with Crippen molar-refractivity contribution in [3.8, 4) is 22.9 Å². The number of hydrogen-bond donors (Lipinski definition) is 8. The molecular formula is C70H100N10O25. The number of pyridine rings is 2. The first-order chi connectivity index (χ1) is 50.0. The Morgan fingerprint density at radius 1 is 0.600 bits per heavy atom.